The Morgan fingerprint density at radius 1 is 1.25 bits per heavy atom. The molecule has 0 fully saturated rings. The van der Waals surface area contributed by atoms with E-state index >= 15 is 0 Å². The predicted molar refractivity (Wildman–Crippen MR) is 62.9 cm³/mol. The smallest absolute Gasteiger partial charge is 0.222 e. The highest BCUT2D eigenvalue weighted by atomic mass is 16.4. The minimum absolute atomic E-state index is 0.154. The Labute approximate surface area is 94.1 Å². The van der Waals surface area contributed by atoms with Gasteiger partial charge >= 0.3 is 0 Å². The topological polar surface area (TPSA) is 46.3 Å². The maximum atomic E-state index is 9.84. The van der Waals surface area contributed by atoms with Crippen LogP contribution in [0.25, 0.3) is 11.8 Å². The van der Waals surface area contributed by atoms with E-state index < -0.39 is 0 Å². The number of benzene rings is 1. The summed E-state index contributed by atoms with van der Waals surface area (Å²) in [6.07, 6.45) is 1.52. The molecular formula is C13H13NO2. The summed E-state index contributed by atoms with van der Waals surface area (Å²) < 4.78 is 5.36. The highest BCUT2D eigenvalue weighted by Crippen LogP contribution is 2.16. The minimum atomic E-state index is 0.154. The van der Waals surface area contributed by atoms with E-state index in [0.29, 0.717) is 5.89 Å². The van der Waals surface area contributed by atoms with Crippen molar-refractivity contribution in [3.8, 4) is 0 Å². The van der Waals surface area contributed by atoms with Crippen LogP contribution in [0.1, 0.15) is 22.9 Å². The normalized spacial score (nSPS) is 11.8. The molecule has 1 N–H and O–H groups in total. The first kappa shape index (κ1) is 10.5. The molecule has 0 saturated heterocycles. The van der Waals surface area contributed by atoms with Gasteiger partial charge in [0.05, 0.1) is 5.69 Å². The van der Waals surface area contributed by atoms with Crippen molar-refractivity contribution in [1.29, 1.82) is 0 Å². The number of aryl methyl sites for hydroxylation is 2. The Hall–Kier alpha value is -2.03. The van der Waals surface area contributed by atoms with Crippen LogP contribution in [-0.2, 0) is 0 Å². The van der Waals surface area contributed by atoms with Crippen molar-refractivity contribution >= 4 is 11.8 Å². The summed E-state index contributed by atoms with van der Waals surface area (Å²) in [7, 11) is 0. The number of aliphatic hydroxyl groups is 1. The molecule has 0 bridgehead atoms. The molecule has 82 valence electrons. The summed E-state index contributed by atoms with van der Waals surface area (Å²) in [6.45, 7) is 3.72. The molecule has 0 radical (unpaired) electrons. The number of rotatable bonds is 2. The van der Waals surface area contributed by atoms with Crippen molar-refractivity contribution < 1.29 is 9.52 Å². The van der Waals surface area contributed by atoms with Gasteiger partial charge in [-0.15, -0.1) is 0 Å². The fraction of sp³-hybridized carbons (Fsp3) is 0.154. The SMILES string of the molecule is Cc1nc(/C=C(\O)c2ccccc2)oc1C. The number of aliphatic hydroxyl groups excluding tert-OH is 1. The molecule has 0 aliphatic heterocycles. The number of hydrogen-bond donors (Lipinski definition) is 1. The van der Waals surface area contributed by atoms with Gasteiger partial charge in [0.25, 0.3) is 0 Å². The molecule has 2 aromatic rings. The van der Waals surface area contributed by atoms with Gasteiger partial charge in [0.2, 0.25) is 5.89 Å². The monoisotopic (exact) mass is 215 g/mol. The van der Waals surface area contributed by atoms with E-state index in [0.717, 1.165) is 17.0 Å². The summed E-state index contributed by atoms with van der Waals surface area (Å²) in [5.41, 5.74) is 1.59. The summed E-state index contributed by atoms with van der Waals surface area (Å²) >= 11 is 0. The molecule has 0 amide bonds. The lowest BCUT2D eigenvalue weighted by Gasteiger charge is -1.97. The highest BCUT2D eigenvalue weighted by Gasteiger charge is 2.05. The molecule has 0 atom stereocenters. The Bertz CT molecular complexity index is 492. The van der Waals surface area contributed by atoms with Crippen molar-refractivity contribution in [2.24, 2.45) is 0 Å². The zero-order valence-corrected chi connectivity index (χ0v) is 9.27. The Morgan fingerprint density at radius 2 is 1.94 bits per heavy atom. The first-order valence-corrected chi connectivity index (χ1v) is 5.07. The average molecular weight is 215 g/mol. The van der Waals surface area contributed by atoms with E-state index in [9.17, 15) is 5.11 Å². The van der Waals surface area contributed by atoms with Crippen molar-refractivity contribution in [3.05, 3.63) is 53.2 Å². The Kier molecular flexibility index (Phi) is 2.77. The lowest BCUT2D eigenvalue weighted by Crippen LogP contribution is -1.82. The van der Waals surface area contributed by atoms with Crippen molar-refractivity contribution in [2.75, 3.05) is 0 Å². The van der Waals surface area contributed by atoms with Crippen LogP contribution in [0.15, 0.2) is 34.7 Å². The Morgan fingerprint density at radius 3 is 2.50 bits per heavy atom. The fourth-order valence-corrected chi connectivity index (χ4v) is 1.37. The van der Waals surface area contributed by atoms with Crippen molar-refractivity contribution in [3.63, 3.8) is 0 Å². The first-order chi connectivity index (χ1) is 7.66. The third-order valence-corrected chi connectivity index (χ3v) is 2.37. The zero-order chi connectivity index (χ0) is 11.5. The number of aromatic nitrogens is 1. The first-order valence-electron chi connectivity index (χ1n) is 5.07. The van der Waals surface area contributed by atoms with E-state index in [1.165, 1.54) is 6.08 Å². The van der Waals surface area contributed by atoms with Gasteiger partial charge in [-0.1, -0.05) is 30.3 Å². The minimum Gasteiger partial charge on any atom is -0.507 e. The summed E-state index contributed by atoms with van der Waals surface area (Å²) in [4.78, 5) is 4.17. The van der Waals surface area contributed by atoms with Crippen LogP contribution in [0, 0.1) is 13.8 Å². The van der Waals surface area contributed by atoms with E-state index in [1.807, 2.05) is 44.2 Å². The van der Waals surface area contributed by atoms with Crippen LogP contribution >= 0.6 is 0 Å². The van der Waals surface area contributed by atoms with Gasteiger partial charge in [0.15, 0.2) is 0 Å². The molecule has 1 heterocycles. The quantitative estimate of drug-likeness (QED) is 0.781. The van der Waals surface area contributed by atoms with Crippen molar-refractivity contribution in [2.45, 2.75) is 13.8 Å². The molecular weight excluding hydrogens is 202 g/mol. The van der Waals surface area contributed by atoms with Gasteiger partial charge < -0.3 is 9.52 Å². The lowest BCUT2D eigenvalue weighted by molar-refractivity contribution is 0.500. The van der Waals surface area contributed by atoms with Gasteiger partial charge in [0.1, 0.15) is 11.5 Å². The van der Waals surface area contributed by atoms with Gasteiger partial charge in [-0.2, -0.15) is 0 Å². The molecule has 0 aliphatic carbocycles. The Balaban J connectivity index is 2.31. The van der Waals surface area contributed by atoms with Gasteiger partial charge in [-0.3, -0.25) is 0 Å². The number of hydrogen-bond acceptors (Lipinski definition) is 3. The molecule has 0 unspecified atom stereocenters. The average Bonchev–Trinajstić information content (AvgIpc) is 2.59. The lowest BCUT2D eigenvalue weighted by atomic mass is 10.2. The third kappa shape index (κ3) is 2.14. The molecule has 0 saturated carbocycles. The maximum absolute atomic E-state index is 9.84. The summed E-state index contributed by atoms with van der Waals surface area (Å²) in [5.74, 6) is 1.35. The van der Waals surface area contributed by atoms with E-state index in [4.69, 9.17) is 4.42 Å². The molecule has 2 rings (SSSR count). The molecule has 3 nitrogen and oxygen atoms in total. The van der Waals surface area contributed by atoms with Gasteiger partial charge in [0, 0.05) is 11.6 Å². The summed E-state index contributed by atoms with van der Waals surface area (Å²) in [6, 6.07) is 9.29. The number of nitrogens with zero attached hydrogens (tertiary/aromatic N) is 1. The third-order valence-electron chi connectivity index (χ3n) is 2.37. The molecule has 1 aromatic carbocycles. The standard InChI is InChI=1S/C13H13NO2/c1-9-10(2)16-13(14-9)8-12(15)11-6-4-3-5-7-11/h3-8,15H,1-2H3/b12-8-. The van der Waals surface area contributed by atoms with E-state index in [-0.39, 0.29) is 5.76 Å². The van der Waals surface area contributed by atoms with Crippen LogP contribution in [0.4, 0.5) is 0 Å². The van der Waals surface area contributed by atoms with Crippen molar-refractivity contribution in [1.82, 2.24) is 4.98 Å². The largest absolute Gasteiger partial charge is 0.507 e. The molecule has 0 aliphatic rings. The second-order valence-electron chi connectivity index (χ2n) is 3.59. The molecule has 3 heteroatoms. The fourth-order valence-electron chi connectivity index (χ4n) is 1.37. The van der Waals surface area contributed by atoms with Gasteiger partial charge in [-0.05, 0) is 13.8 Å². The van der Waals surface area contributed by atoms with E-state index in [2.05, 4.69) is 4.98 Å². The predicted octanol–water partition coefficient (Wildman–Crippen LogP) is 3.35. The molecule has 1 aromatic heterocycles. The zero-order valence-electron chi connectivity index (χ0n) is 9.27. The molecule has 0 spiro atoms. The maximum Gasteiger partial charge on any atom is 0.222 e. The molecule has 16 heavy (non-hydrogen) atoms. The number of oxazole rings is 1. The van der Waals surface area contributed by atoms with Crippen LogP contribution in [-0.4, -0.2) is 10.1 Å². The summed E-state index contributed by atoms with van der Waals surface area (Å²) in [5, 5.41) is 9.84. The second kappa shape index (κ2) is 4.23. The van der Waals surface area contributed by atoms with Crippen LogP contribution < -0.4 is 0 Å². The van der Waals surface area contributed by atoms with Crippen LogP contribution in [0.5, 0.6) is 0 Å². The van der Waals surface area contributed by atoms with Crippen LogP contribution in [0.2, 0.25) is 0 Å². The van der Waals surface area contributed by atoms with Gasteiger partial charge in [-0.25, -0.2) is 4.98 Å². The second-order valence-corrected chi connectivity index (χ2v) is 3.59. The highest BCUT2D eigenvalue weighted by molar-refractivity contribution is 5.73. The van der Waals surface area contributed by atoms with Crippen LogP contribution in [0.3, 0.4) is 0 Å². The van der Waals surface area contributed by atoms with E-state index in [1.54, 1.807) is 0 Å².